The fourth-order valence-corrected chi connectivity index (χ4v) is 4.44. The molecule has 4 aromatic rings. The molecule has 0 aliphatic rings. The van der Waals surface area contributed by atoms with E-state index in [9.17, 15) is 4.79 Å². The Morgan fingerprint density at radius 1 is 1.10 bits per heavy atom. The van der Waals surface area contributed by atoms with Gasteiger partial charge < -0.3 is 5.32 Å². The van der Waals surface area contributed by atoms with Gasteiger partial charge in [-0.15, -0.1) is 16.4 Å². The second kappa shape index (κ2) is 9.02. The number of rotatable bonds is 7. The van der Waals surface area contributed by atoms with Gasteiger partial charge in [0, 0.05) is 10.6 Å². The summed E-state index contributed by atoms with van der Waals surface area (Å²) in [7, 11) is 0. The van der Waals surface area contributed by atoms with Gasteiger partial charge >= 0.3 is 0 Å². The summed E-state index contributed by atoms with van der Waals surface area (Å²) in [6.45, 7) is 2.59. The van der Waals surface area contributed by atoms with Gasteiger partial charge in [-0.2, -0.15) is 0 Å². The molecule has 6 nitrogen and oxygen atoms in total. The van der Waals surface area contributed by atoms with E-state index < -0.39 is 5.25 Å². The van der Waals surface area contributed by atoms with Crippen molar-refractivity contribution in [2.24, 2.45) is 0 Å². The Bertz CT molecular complexity index is 1060. The van der Waals surface area contributed by atoms with Gasteiger partial charge in [-0.3, -0.25) is 4.79 Å². The maximum atomic E-state index is 13.1. The van der Waals surface area contributed by atoms with Crippen molar-refractivity contribution in [1.29, 1.82) is 0 Å². The van der Waals surface area contributed by atoms with Crippen LogP contribution in [-0.2, 0) is 11.3 Å². The van der Waals surface area contributed by atoms with E-state index in [2.05, 4.69) is 20.8 Å². The van der Waals surface area contributed by atoms with Gasteiger partial charge in [-0.1, -0.05) is 65.9 Å². The van der Waals surface area contributed by atoms with Gasteiger partial charge in [0.15, 0.2) is 0 Å². The van der Waals surface area contributed by atoms with E-state index in [0.717, 1.165) is 21.7 Å². The number of benzene rings is 2. The van der Waals surface area contributed by atoms with Crippen molar-refractivity contribution in [2.75, 3.05) is 5.32 Å². The fourth-order valence-electron chi connectivity index (χ4n) is 2.78. The molecule has 0 bridgehead atoms. The van der Waals surface area contributed by atoms with Crippen molar-refractivity contribution in [1.82, 2.24) is 20.2 Å². The minimum Gasteiger partial charge on any atom is -0.325 e. The first kappa shape index (κ1) is 19.4. The zero-order chi connectivity index (χ0) is 20.1. The number of hydrogen-bond donors (Lipinski definition) is 1. The molecule has 0 aliphatic heterocycles. The van der Waals surface area contributed by atoms with E-state index in [1.807, 2.05) is 79.0 Å². The van der Waals surface area contributed by atoms with E-state index in [4.69, 9.17) is 0 Å². The van der Waals surface area contributed by atoms with Crippen LogP contribution >= 0.6 is 23.1 Å². The van der Waals surface area contributed by atoms with E-state index in [-0.39, 0.29) is 5.91 Å². The number of hydrogen-bond acceptors (Lipinski definition) is 6. The molecule has 0 unspecified atom stereocenters. The molecule has 4 rings (SSSR count). The number of aromatic nitrogens is 4. The predicted molar refractivity (Wildman–Crippen MR) is 116 cm³/mol. The molecule has 2 aromatic carbocycles. The lowest BCUT2D eigenvalue weighted by atomic mass is 10.1. The number of carbonyl (C=O) groups is 1. The number of anilines is 1. The van der Waals surface area contributed by atoms with Gasteiger partial charge in [0.1, 0.15) is 5.25 Å². The van der Waals surface area contributed by atoms with Gasteiger partial charge in [0.25, 0.3) is 0 Å². The van der Waals surface area contributed by atoms with Gasteiger partial charge in [0.05, 0.1) is 6.54 Å². The molecule has 0 saturated carbocycles. The summed E-state index contributed by atoms with van der Waals surface area (Å²) < 4.78 is 1.73. The van der Waals surface area contributed by atoms with E-state index >= 15 is 0 Å². The number of nitrogens with zero attached hydrogens (tertiary/aromatic N) is 4. The standard InChI is InChI=1S/C21H19N5OS2/c1-15-9-11-17(12-10-15)22-20(27)19(16-6-3-2-4-7-16)29-21-23-24-25-26(21)14-18-8-5-13-28-18/h2-13,19H,14H2,1H3,(H,22,27)/t19-/m0/s1. The van der Waals surface area contributed by atoms with E-state index in [1.54, 1.807) is 16.0 Å². The van der Waals surface area contributed by atoms with Crippen LogP contribution in [0.15, 0.2) is 77.3 Å². The molecular formula is C21H19N5OS2. The zero-order valence-corrected chi connectivity index (χ0v) is 17.4. The molecule has 29 heavy (non-hydrogen) atoms. The maximum Gasteiger partial charge on any atom is 0.242 e. The molecule has 1 atom stereocenters. The third-order valence-corrected chi connectivity index (χ3v) is 6.35. The van der Waals surface area contributed by atoms with Crippen molar-refractivity contribution in [3.63, 3.8) is 0 Å². The van der Waals surface area contributed by atoms with Crippen LogP contribution in [0, 0.1) is 6.92 Å². The molecule has 0 saturated heterocycles. The first-order valence-corrected chi connectivity index (χ1v) is 10.8. The smallest absolute Gasteiger partial charge is 0.242 e. The quantitative estimate of drug-likeness (QED) is 0.443. The number of tetrazole rings is 1. The average Bonchev–Trinajstić information content (AvgIpc) is 3.41. The summed E-state index contributed by atoms with van der Waals surface area (Å²) in [5.41, 5.74) is 2.80. The van der Waals surface area contributed by atoms with Crippen LogP contribution < -0.4 is 5.32 Å². The molecule has 1 N–H and O–H groups in total. The summed E-state index contributed by atoms with van der Waals surface area (Å²) in [5.74, 6) is -0.115. The molecule has 1 amide bonds. The summed E-state index contributed by atoms with van der Waals surface area (Å²) in [4.78, 5) is 14.3. The third-order valence-electron chi connectivity index (χ3n) is 4.27. The lowest BCUT2D eigenvalue weighted by Crippen LogP contribution is -2.19. The van der Waals surface area contributed by atoms with E-state index in [1.165, 1.54) is 11.8 Å². The molecule has 0 fully saturated rings. The second-order valence-corrected chi connectivity index (χ2v) is 8.57. The number of carbonyl (C=O) groups excluding carboxylic acids is 1. The van der Waals surface area contributed by atoms with Crippen molar-refractivity contribution >= 4 is 34.7 Å². The van der Waals surface area contributed by atoms with Crippen molar-refractivity contribution < 1.29 is 4.79 Å². The predicted octanol–water partition coefficient (Wildman–Crippen LogP) is 4.56. The Hall–Kier alpha value is -2.97. The Morgan fingerprint density at radius 2 is 1.90 bits per heavy atom. The first-order chi connectivity index (χ1) is 14.2. The highest BCUT2D eigenvalue weighted by molar-refractivity contribution is 8.00. The molecule has 2 heterocycles. The number of nitrogens with one attached hydrogen (secondary N) is 1. The summed E-state index contributed by atoms with van der Waals surface area (Å²) >= 11 is 3.00. The van der Waals surface area contributed by atoms with Gasteiger partial charge in [0.2, 0.25) is 11.1 Å². The van der Waals surface area contributed by atoms with Crippen LogP contribution in [0.1, 0.15) is 21.3 Å². The van der Waals surface area contributed by atoms with Crippen molar-refractivity contribution in [3.05, 3.63) is 88.1 Å². The van der Waals surface area contributed by atoms with Crippen LogP contribution in [0.25, 0.3) is 0 Å². The number of aryl methyl sites for hydroxylation is 1. The zero-order valence-electron chi connectivity index (χ0n) is 15.7. The Labute approximate surface area is 177 Å². The van der Waals surface area contributed by atoms with Gasteiger partial charge in [-0.05, 0) is 46.5 Å². The lowest BCUT2D eigenvalue weighted by Gasteiger charge is -2.16. The van der Waals surface area contributed by atoms with Crippen LogP contribution in [0.2, 0.25) is 0 Å². The summed E-state index contributed by atoms with van der Waals surface area (Å²) in [5, 5.41) is 17.2. The van der Waals surface area contributed by atoms with Gasteiger partial charge in [-0.25, -0.2) is 4.68 Å². The Balaban J connectivity index is 1.58. The lowest BCUT2D eigenvalue weighted by molar-refractivity contribution is -0.115. The number of amides is 1. The minimum absolute atomic E-state index is 0.115. The Kier molecular flexibility index (Phi) is 6.02. The molecule has 2 aromatic heterocycles. The second-order valence-electron chi connectivity index (χ2n) is 6.46. The molecule has 8 heteroatoms. The van der Waals surface area contributed by atoms with E-state index in [0.29, 0.717) is 11.7 Å². The van der Waals surface area contributed by atoms with Crippen molar-refractivity contribution in [3.8, 4) is 0 Å². The molecule has 146 valence electrons. The molecule has 0 radical (unpaired) electrons. The fraction of sp³-hybridized carbons (Fsp3) is 0.143. The largest absolute Gasteiger partial charge is 0.325 e. The minimum atomic E-state index is -0.481. The maximum absolute atomic E-state index is 13.1. The van der Waals surface area contributed by atoms with Crippen LogP contribution in [0.3, 0.4) is 0 Å². The topological polar surface area (TPSA) is 72.7 Å². The first-order valence-electron chi connectivity index (χ1n) is 9.07. The monoisotopic (exact) mass is 421 g/mol. The normalized spacial score (nSPS) is 11.9. The average molecular weight is 422 g/mol. The molecule has 0 aliphatic carbocycles. The van der Waals surface area contributed by atoms with Crippen LogP contribution in [0.5, 0.6) is 0 Å². The highest BCUT2D eigenvalue weighted by atomic mass is 32.2. The SMILES string of the molecule is Cc1ccc(NC(=O)[C@@H](Sc2nnnn2Cc2cccs2)c2ccccc2)cc1. The highest BCUT2D eigenvalue weighted by Gasteiger charge is 2.25. The molecule has 0 spiro atoms. The number of thiophene rings is 1. The summed E-state index contributed by atoms with van der Waals surface area (Å²) in [6.07, 6.45) is 0. The van der Waals surface area contributed by atoms with Crippen molar-refractivity contribution in [2.45, 2.75) is 23.9 Å². The summed E-state index contributed by atoms with van der Waals surface area (Å²) in [6, 6.07) is 21.5. The number of thioether (sulfide) groups is 1. The van der Waals surface area contributed by atoms with Crippen LogP contribution in [-0.4, -0.2) is 26.1 Å². The van der Waals surface area contributed by atoms with Crippen LogP contribution in [0.4, 0.5) is 5.69 Å². The molecular weight excluding hydrogens is 402 g/mol. The Morgan fingerprint density at radius 3 is 2.62 bits per heavy atom. The highest BCUT2D eigenvalue weighted by Crippen LogP contribution is 2.35. The third kappa shape index (κ3) is 4.90.